The first kappa shape index (κ1) is 15.6. The van der Waals surface area contributed by atoms with Gasteiger partial charge in [-0.05, 0) is 55.5 Å². The van der Waals surface area contributed by atoms with Crippen molar-refractivity contribution in [3.63, 3.8) is 0 Å². The third-order valence-electron chi connectivity index (χ3n) is 3.87. The summed E-state index contributed by atoms with van der Waals surface area (Å²) in [6, 6.07) is 13.7. The molecule has 0 aliphatic carbocycles. The summed E-state index contributed by atoms with van der Waals surface area (Å²) < 4.78 is 13.3. The molecule has 0 aromatic heterocycles. The van der Waals surface area contributed by atoms with E-state index in [2.05, 4.69) is 43.4 Å². The fraction of sp³-hybridized carbons (Fsp3) is 0.368. The molecule has 0 amide bonds. The lowest BCUT2D eigenvalue weighted by Crippen LogP contribution is -2.08. The van der Waals surface area contributed by atoms with Crippen LogP contribution in [-0.4, -0.2) is 0 Å². The van der Waals surface area contributed by atoms with Crippen LogP contribution in [0.3, 0.4) is 0 Å². The number of nitrogens with one attached hydrogen (secondary N) is 1. The molecule has 0 aliphatic heterocycles. The zero-order valence-corrected chi connectivity index (χ0v) is 13.1. The molecule has 0 radical (unpaired) electrons. The third-order valence-corrected chi connectivity index (χ3v) is 3.87. The van der Waals surface area contributed by atoms with E-state index in [1.54, 1.807) is 12.1 Å². The Kier molecular flexibility index (Phi) is 5.38. The predicted molar refractivity (Wildman–Crippen MR) is 88.2 cm³/mol. The highest BCUT2D eigenvalue weighted by Crippen LogP contribution is 2.23. The SMILES string of the molecule is CCCCc1ccc(C(C)Nc2cc(F)ccc2C)cc1. The lowest BCUT2D eigenvalue weighted by Gasteiger charge is -2.18. The molecule has 1 atom stereocenters. The van der Waals surface area contributed by atoms with Crippen molar-refractivity contribution < 1.29 is 4.39 Å². The Morgan fingerprint density at radius 2 is 1.81 bits per heavy atom. The van der Waals surface area contributed by atoms with Gasteiger partial charge in [-0.3, -0.25) is 0 Å². The highest BCUT2D eigenvalue weighted by molar-refractivity contribution is 5.52. The summed E-state index contributed by atoms with van der Waals surface area (Å²) in [5, 5.41) is 3.39. The van der Waals surface area contributed by atoms with Gasteiger partial charge in [-0.2, -0.15) is 0 Å². The van der Waals surface area contributed by atoms with Crippen molar-refractivity contribution in [1.29, 1.82) is 0 Å². The second kappa shape index (κ2) is 7.26. The van der Waals surface area contributed by atoms with Gasteiger partial charge >= 0.3 is 0 Å². The van der Waals surface area contributed by atoms with Crippen LogP contribution in [0.4, 0.5) is 10.1 Å². The molecule has 2 aromatic rings. The summed E-state index contributed by atoms with van der Waals surface area (Å²) in [7, 11) is 0. The molecular formula is C19H24FN. The molecule has 1 nitrogen and oxygen atoms in total. The molecule has 0 bridgehead atoms. The number of hydrogen-bond acceptors (Lipinski definition) is 1. The van der Waals surface area contributed by atoms with Gasteiger partial charge < -0.3 is 5.32 Å². The molecule has 2 heteroatoms. The summed E-state index contributed by atoms with van der Waals surface area (Å²) in [6.07, 6.45) is 3.59. The quantitative estimate of drug-likeness (QED) is 0.723. The molecule has 112 valence electrons. The van der Waals surface area contributed by atoms with Gasteiger partial charge in [0.15, 0.2) is 0 Å². The first-order chi connectivity index (χ1) is 10.1. The van der Waals surface area contributed by atoms with Crippen molar-refractivity contribution >= 4 is 5.69 Å². The minimum absolute atomic E-state index is 0.158. The van der Waals surface area contributed by atoms with Crippen LogP contribution < -0.4 is 5.32 Å². The Bertz CT molecular complexity index is 575. The standard InChI is InChI=1S/C19H24FN/c1-4-5-6-16-8-10-17(11-9-16)15(3)21-19-13-18(20)12-7-14(19)2/h7-13,15,21H,4-6H2,1-3H3. The zero-order chi connectivity index (χ0) is 15.2. The van der Waals surface area contributed by atoms with E-state index in [1.807, 2.05) is 6.92 Å². The van der Waals surface area contributed by atoms with Crippen molar-refractivity contribution in [3.8, 4) is 0 Å². The maximum absolute atomic E-state index is 13.3. The number of hydrogen-bond donors (Lipinski definition) is 1. The molecular weight excluding hydrogens is 261 g/mol. The van der Waals surface area contributed by atoms with Crippen LogP contribution in [0.15, 0.2) is 42.5 Å². The van der Waals surface area contributed by atoms with Crippen LogP contribution >= 0.6 is 0 Å². The Morgan fingerprint density at radius 3 is 2.48 bits per heavy atom. The summed E-state index contributed by atoms with van der Waals surface area (Å²) in [4.78, 5) is 0. The van der Waals surface area contributed by atoms with Gasteiger partial charge in [0, 0.05) is 11.7 Å². The molecule has 0 spiro atoms. The third kappa shape index (κ3) is 4.32. The van der Waals surface area contributed by atoms with Gasteiger partial charge in [0.2, 0.25) is 0 Å². The lowest BCUT2D eigenvalue weighted by atomic mass is 10.0. The first-order valence-electron chi connectivity index (χ1n) is 7.71. The highest BCUT2D eigenvalue weighted by atomic mass is 19.1. The number of benzene rings is 2. The molecule has 1 unspecified atom stereocenters. The van der Waals surface area contributed by atoms with Crippen molar-refractivity contribution in [3.05, 3.63) is 65.0 Å². The molecule has 0 fully saturated rings. The van der Waals surface area contributed by atoms with Crippen molar-refractivity contribution in [2.75, 3.05) is 5.32 Å². The summed E-state index contributed by atoms with van der Waals surface area (Å²) >= 11 is 0. The molecule has 0 aliphatic rings. The average Bonchev–Trinajstić information content (AvgIpc) is 2.49. The molecule has 0 heterocycles. The number of unbranched alkanes of at least 4 members (excludes halogenated alkanes) is 1. The minimum Gasteiger partial charge on any atom is -0.378 e. The number of aryl methyl sites for hydroxylation is 2. The van der Waals surface area contributed by atoms with E-state index >= 15 is 0 Å². The van der Waals surface area contributed by atoms with E-state index in [0.717, 1.165) is 17.7 Å². The van der Waals surface area contributed by atoms with E-state index in [0.29, 0.717) is 0 Å². The lowest BCUT2D eigenvalue weighted by molar-refractivity contribution is 0.627. The topological polar surface area (TPSA) is 12.0 Å². The molecule has 2 aromatic carbocycles. The van der Waals surface area contributed by atoms with Crippen molar-refractivity contribution in [1.82, 2.24) is 0 Å². The largest absolute Gasteiger partial charge is 0.378 e. The van der Waals surface area contributed by atoms with Crippen LogP contribution in [0, 0.1) is 12.7 Å². The molecule has 1 N–H and O–H groups in total. The molecule has 21 heavy (non-hydrogen) atoms. The van der Waals surface area contributed by atoms with Crippen molar-refractivity contribution in [2.45, 2.75) is 46.1 Å². The second-order valence-electron chi connectivity index (χ2n) is 5.67. The highest BCUT2D eigenvalue weighted by Gasteiger charge is 2.08. The second-order valence-corrected chi connectivity index (χ2v) is 5.67. The summed E-state index contributed by atoms with van der Waals surface area (Å²) in [5.74, 6) is -0.204. The van der Waals surface area contributed by atoms with Crippen LogP contribution in [0.1, 0.15) is 49.4 Å². The van der Waals surface area contributed by atoms with Gasteiger partial charge in [-0.15, -0.1) is 0 Å². The van der Waals surface area contributed by atoms with Crippen LogP contribution in [0.2, 0.25) is 0 Å². The maximum atomic E-state index is 13.3. The van der Waals surface area contributed by atoms with Gasteiger partial charge in [0.05, 0.1) is 0 Å². The first-order valence-corrected chi connectivity index (χ1v) is 7.71. The number of rotatable bonds is 6. The Hall–Kier alpha value is -1.83. The summed E-state index contributed by atoms with van der Waals surface area (Å²) in [5.41, 5.74) is 4.52. The fourth-order valence-electron chi connectivity index (χ4n) is 2.42. The number of anilines is 1. The van der Waals surface area contributed by atoms with Gasteiger partial charge in [-0.25, -0.2) is 4.39 Å². The van der Waals surface area contributed by atoms with Crippen LogP contribution in [0.5, 0.6) is 0 Å². The van der Waals surface area contributed by atoms with Crippen molar-refractivity contribution in [2.24, 2.45) is 0 Å². The van der Waals surface area contributed by atoms with E-state index in [1.165, 1.54) is 30.0 Å². The Balaban J connectivity index is 2.05. The molecule has 0 saturated heterocycles. The Morgan fingerprint density at radius 1 is 1.10 bits per heavy atom. The van der Waals surface area contributed by atoms with Crippen LogP contribution in [0.25, 0.3) is 0 Å². The van der Waals surface area contributed by atoms with Gasteiger partial charge in [0.25, 0.3) is 0 Å². The predicted octanol–water partition coefficient (Wildman–Crippen LogP) is 5.65. The zero-order valence-electron chi connectivity index (χ0n) is 13.1. The average molecular weight is 285 g/mol. The van der Waals surface area contributed by atoms with E-state index in [-0.39, 0.29) is 11.9 Å². The van der Waals surface area contributed by atoms with E-state index in [9.17, 15) is 4.39 Å². The normalized spacial score (nSPS) is 12.2. The minimum atomic E-state index is -0.204. The smallest absolute Gasteiger partial charge is 0.125 e. The maximum Gasteiger partial charge on any atom is 0.125 e. The molecule has 0 saturated carbocycles. The van der Waals surface area contributed by atoms with Crippen LogP contribution in [-0.2, 0) is 6.42 Å². The van der Waals surface area contributed by atoms with Gasteiger partial charge in [0.1, 0.15) is 5.82 Å². The monoisotopic (exact) mass is 285 g/mol. The Labute approximate surface area is 127 Å². The fourth-order valence-corrected chi connectivity index (χ4v) is 2.42. The molecule has 2 rings (SSSR count). The number of halogens is 1. The summed E-state index contributed by atoms with van der Waals surface area (Å²) in [6.45, 7) is 6.30. The van der Waals surface area contributed by atoms with E-state index in [4.69, 9.17) is 0 Å². The van der Waals surface area contributed by atoms with E-state index < -0.39 is 0 Å². The van der Waals surface area contributed by atoms with Gasteiger partial charge in [-0.1, -0.05) is 43.7 Å².